The first-order valence-electron chi connectivity index (χ1n) is 4.90. The Hall–Kier alpha value is -1.83. The van der Waals surface area contributed by atoms with Crippen molar-refractivity contribution in [3.63, 3.8) is 0 Å². The highest BCUT2D eigenvalue weighted by atomic mass is 16.1. The fourth-order valence-corrected chi connectivity index (χ4v) is 1.21. The number of hydrogen-bond acceptors (Lipinski definition) is 4. The molecule has 1 aromatic rings. The number of nitrogens with zero attached hydrogens (tertiary/aromatic N) is 3. The highest BCUT2D eigenvalue weighted by molar-refractivity contribution is 5.40. The number of anilines is 1. The Labute approximate surface area is 88.4 Å². The smallest absolute Gasteiger partial charge is 0.347 e. The molecule has 5 heteroatoms. The standard InChI is InChI=1S/C10H14N4O/c1-3-4-5-14(2)9-6-8(7-11)12-10(15)13-9/h6H,3-5H2,1-2H3,(H,12,13,15). The molecular formula is C10H14N4O. The maximum Gasteiger partial charge on any atom is 0.347 e. The molecule has 15 heavy (non-hydrogen) atoms. The minimum atomic E-state index is -0.479. The Balaban J connectivity index is 2.89. The van der Waals surface area contributed by atoms with E-state index in [2.05, 4.69) is 16.9 Å². The Kier molecular flexibility index (Phi) is 3.86. The maximum absolute atomic E-state index is 11.1. The van der Waals surface area contributed by atoms with Gasteiger partial charge in [-0.25, -0.2) is 4.79 Å². The summed E-state index contributed by atoms with van der Waals surface area (Å²) in [5.41, 5.74) is -0.235. The van der Waals surface area contributed by atoms with Gasteiger partial charge in [-0.1, -0.05) is 13.3 Å². The molecule has 0 bridgehead atoms. The van der Waals surface area contributed by atoms with E-state index in [9.17, 15) is 4.79 Å². The average molecular weight is 206 g/mol. The molecule has 0 aromatic carbocycles. The maximum atomic E-state index is 11.1. The van der Waals surface area contributed by atoms with Crippen LogP contribution in [-0.2, 0) is 0 Å². The molecule has 0 aliphatic carbocycles. The molecule has 0 radical (unpaired) electrons. The zero-order chi connectivity index (χ0) is 11.3. The summed E-state index contributed by atoms with van der Waals surface area (Å²) < 4.78 is 0. The van der Waals surface area contributed by atoms with E-state index in [1.807, 2.05) is 18.0 Å². The second-order valence-corrected chi connectivity index (χ2v) is 3.35. The van der Waals surface area contributed by atoms with Crippen LogP contribution >= 0.6 is 0 Å². The van der Waals surface area contributed by atoms with Crippen LogP contribution in [0.15, 0.2) is 10.9 Å². The van der Waals surface area contributed by atoms with Crippen molar-refractivity contribution in [1.29, 1.82) is 5.26 Å². The molecule has 5 nitrogen and oxygen atoms in total. The van der Waals surface area contributed by atoms with Crippen LogP contribution in [0.25, 0.3) is 0 Å². The van der Waals surface area contributed by atoms with Crippen LogP contribution in [0.2, 0.25) is 0 Å². The molecule has 0 spiro atoms. The van der Waals surface area contributed by atoms with E-state index in [1.165, 1.54) is 0 Å². The molecule has 0 amide bonds. The Bertz CT molecular complexity index is 418. The van der Waals surface area contributed by atoms with E-state index < -0.39 is 5.69 Å². The number of hydrogen-bond donors (Lipinski definition) is 1. The minimum absolute atomic E-state index is 0.244. The SMILES string of the molecule is CCCCN(C)c1cc(C#N)[nH]c(=O)n1. The van der Waals surface area contributed by atoms with Crippen molar-refractivity contribution in [2.24, 2.45) is 0 Å². The lowest BCUT2D eigenvalue weighted by Gasteiger charge is -2.16. The first-order chi connectivity index (χ1) is 7.17. The third-order valence-electron chi connectivity index (χ3n) is 2.09. The van der Waals surface area contributed by atoms with Crippen molar-refractivity contribution < 1.29 is 0 Å². The number of aromatic amines is 1. The fraction of sp³-hybridized carbons (Fsp3) is 0.500. The summed E-state index contributed by atoms with van der Waals surface area (Å²) in [6.45, 7) is 2.93. The summed E-state index contributed by atoms with van der Waals surface area (Å²) in [6.07, 6.45) is 2.12. The summed E-state index contributed by atoms with van der Waals surface area (Å²) in [6, 6.07) is 3.48. The molecule has 0 aliphatic rings. The largest absolute Gasteiger partial charge is 0.359 e. The quantitative estimate of drug-likeness (QED) is 0.793. The molecule has 0 fully saturated rings. The van der Waals surface area contributed by atoms with E-state index in [0.29, 0.717) is 5.82 Å². The van der Waals surface area contributed by atoms with Crippen LogP contribution in [0.1, 0.15) is 25.5 Å². The van der Waals surface area contributed by atoms with Crippen LogP contribution in [0, 0.1) is 11.3 Å². The normalized spacial score (nSPS) is 9.67. The highest BCUT2D eigenvalue weighted by Gasteiger charge is 2.04. The van der Waals surface area contributed by atoms with Gasteiger partial charge >= 0.3 is 5.69 Å². The number of nitriles is 1. The lowest BCUT2D eigenvalue weighted by Crippen LogP contribution is -2.24. The van der Waals surface area contributed by atoms with Crippen LogP contribution in [-0.4, -0.2) is 23.6 Å². The van der Waals surface area contributed by atoms with Gasteiger partial charge in [0.2, 0.25) is 0 Å². The Morgan fingerprint density at radius 2 is 2.40 bits per heavy atom. The molecule has 0 saturated carbocycles. The van der Waals surface area contributed by atoms with E-state index in [1.54, 1.807) is 6.07 Å². The molecule has 0 unspecified atom stereocenters. The number of nitrogens with one attached hydrogen (secondary N) is 1. The summed E-state index contributed by atoms with van der Waals surface area (Å²) in [7, 11) is 1.86. The van der Waals surface area contributed by atoms with Gasteiger partial charge in [-0.15, -0.1) is 0 Å². The van der Waals surface area contributed by atoms with Gasteiger partial charge in [-0.05, 0) is 6.42 Å². The predicted molar refractivity (Wildman–Crippen MR) is 57.8 cm³/mol. The van der Waals surface area contributed by atoms with Crippen molar-refractivity contribution in [3.05, 3.63) is 22.2 Å². The Morgan fingerprint density at radius 1 is 1.67 bits per heavy atom. The molecule has 1 aromatic heterocycles. The molecule has 1 rings (SSSR count). The Morgan fingerprint density at radius 3 is 3.00 bits per heavy atom. The zero-order valence-corrected chi connectivity index (χ0v) is 8.95. The van der Waals surface area contributed by atoms with Gasteiger partial charge in [-0.3, -0.25) is 4.98 Å². The highest BCUT2D eigenvalue weighted by Crippen LogP contribution is 2.07. The molecule has 0 aliphatic heterocycles. The predicted octanol–water partition coefficient (Wildman–Crippen LogP) is 0.878. The van der Waals surface area contributed by atoms with Gasteiger partial charge in [0.1, 0.15) is 17.6 Å². The third kappa shape index (κ3) is 3.09. The second-order valence-electron chi connectivity index (χ2n) is 3.35. The van der Waals surface area contributed by atoms with Crippen molar-refractivity contribution in [2.75, 3.05) is 18.5 Å². The van der Waals surface area contributed by atoms with Gasteiger partial charge in [-0.2, -0.15) is 10.2 Å². The van der Waals surface area contributed by atoms with Crippen molar-refractivity contribution in [2.45, 2.75) is 19.8 Å². The zero-order valence-electron chi connectivity index (χ0n) is 8.95. The average Bonchev–Trinajstić information content (AvgIpc) is 2.24. The molecule has 0 saturated heterocycles. The van der Waals surface area contributed by atoms with Crippen molar-refractivity contribution >= 4 is 5.82 Å². The third-order valence-corrected chi connectivity index (χ3v) is 2.09. The first-order valence-corrected chi connectivity index (χ1v) is 4.90. The number of unbranched alkanes of at least 4 members (excludes halogenated alkanes) is 1. The summed E-state index contributed by atoms with van der Waals surface area (Å²) in [4.78, 5) is 19.1. The number of rotatable bonds is 4. The topological polar surface area (TPSA) is 72.8 Å². The summed E-state index contributed by atoms with van der Waals surface area (Å²) in [5, 5.41) is 8.68. The lowest BCUT2D eigenvalue weighted by molar-refractivity contribution is 0.756. The van der Waals surface area contributed by atoms with Crippen LogP contribution in [0.4, 0.5) is 5.82 Å². The molecule has 1 N–H and O–H groups in total. The van der Waals surface area contributed by atoms with E-state index in [4.69, 9.17) is 5.26 Å². The molecule has 0 atom stereocenters. The van der Waals surface area contributed by atoms with Crippen LogP contribution in [0.3, 0.4) is 0 Å². The first kappa shape index (κ1) is 11.2. The molecule has 1 heterocycles. The van der Waals surface area contributed by atoms with Gasteiger partial charge < -0.3 is 4.90 Å². The molecule has 80 valence electrons. The van der Waals surface area contributed by atoms with E-state index in [0.717, 1.165) is 19.4 Å². The van der Waals surface area contributed by atoms with Crippen molar-refractivity contribution in [1.82, 2.24) is 9.97 Å². The monoisotopic (exact) mass is 206 g/mol. The molecular weight excluding hydrogens is 192 g/mol. The van der Waals surface area contributed by atoms with Crippen LogP contribution < -0.4 is 10.6 Å². The van der Waals surface area contributed by atoms with Crippen LogP contribution in [0.5, 0.6) is 0 Å². The second kappa shape index (κ2) is 5.15. The summed E-state index contributed by atoms with van der Waals surface area (Å²) >= 11 is 0. The lowest BCUT2D eigenvalue weighted by atomic mass is 10.3. The van der Waals surface area contributed by atoms with E-state index in [-0.39, 0.29) is 5.69 Å². The minimum Gasteiger partial charge on any atom is -0.359 e. The van der Waals surface area contributed by atoms with Gasteiger partial charge in [0.05, 0.1) is 0 Å². The van der Waals surface area contributed by atoms with Gasteiger partial charge in [0.15, 0.2) is 0 Å². The van der Waals surface area contributed by atoms with Gasteiger partial charge in [0.25, 0.3) is 0 Å². The van der Waals surface area contributed by atoms with Gasteiger partial charge in [0, 0.05) is 19.7 Å². The van der Waals surface area contributed by atoms with E-state index >= 15 is 0 Å². The summed E-state index contributed by atoms with van der Waals surface area (Å²) in [5.74, 6) is 0.545. The fourth-order valence-electron chi connectivity index (χ4n) is 1.21. The number of H-pyrrole nitrogens is 1. The van der Waals surface area contributed by atoms with Crippen molar-refractivity contribution in [3.8, 4) is 6.07 Å². The number of aromatic nitrogens is 2.